The molecule has 0 spiro atoms. The minimum Gasteiger partial charge on any atom is -0.281 e. The number of anilines is 1. The van der Waals surface area contributed by atoms with E-state index in [4.69, 9.17) is 11.6 Å². The smallest absolute Gasteiger partial charge is 0.281 e. The summed E-state index contributed by atoms with van der Waals surface area (Å²) in [7, 11) is -3.89. The van der Waals surface area contributed by atoms with Crippen molar-refractivity contribution in [3.63, 3.8) is 0 Å². The number of benzene rings is 1. The molecule has 0 fully saturated rings. The third-order valence-corrected chi connectivity index (χ3v) is 4.23. The van der Waals surface area contributed by atoms with Gasteiger partial charge in [0.15, 0.2) is 0 Å². The predicted octanol–water partition coefficient (Wildman–Crippen LogP) is 3.51. The van der Waals surface area contributed by atoms with Gasteiger partial charge in [0.1, 0.15) is 0 Å². The van der Waals surface area contributed by atoms with Gasteiger partial charge >= 0.3 is 6.18 Å². The molecule has 1 aromatic carbocycles. The first-order valence-corrected chi connectivity index (χ1v) is 6.85. The van der Waals surface area contributed by atoms with E-state index in [-0.39, 0.29) is 5.02 Å². The quantitative estimate of drug-likeness (QED) is 0.928. The number of nitrogens with one attached hydrogen (secondary N) is 1. The van der Waals surface area contributed by atoms with Crippen molar-refractivity contribution in [2.75, 3.05) is 4.72 Å². The lowest BCUT2D eigenvalue weighted by atomic mass is 10.2. The number of hydrogen-bond donors (Lipinski definition) is 1. The van der Waals surface area contributed by atoms with E-state index in [0.717, 1.165) is 12.1 Å². The minimum absolute atomic E-state index is 0.297. The van der Waals surface area contributed by atoms with E-state index in [1.807, 2.05) is 4.72 Å². The van der Waals surface area contributed by atoms with Crippen LogP contribution in [0.15, 0.2) is 18.2 Å². The van der Waals surface area contributed by atoms with Crippen molar-refractivity contribution < 1.29 is 21.6 Å². The van der Waals surface area contributed by atoms with Crippen molar-refractivity contribution in [3.05, 3.63) is 28.8 Å². The average Bonchev–Trinajstić information content (AvgIpc) is 2.18. The molecule has 0 heterocycles. The van der Waals surface area contributed by atoms with Gasteiger partial charge in [0.25, 0.3) is 0 Å². The van der Waals surface area contributed by atoms with E-state index in [0.29, 0.717) is 0 Å². The van der Waals surface area contributed by atoms with Crippen molar-refractivity contribution in [1.82, 2.24) is 0 Å². The molecule has 0 saturated carbocycles. The summed E-state index contributed by atoms with van der Waals surface area (Å²) in [6.45, 7) is 2.71. The van der Waals surface area contributed by atoms with Gasteiger partial charge in [0.05, 0.1) is 21.5 Å². The van der Waals surface area contributed by atoms with Crippen molar-refractivity contribution >= 4 is 27.3 Å². The van der Waals surface area contributed by atoms with Gasteiger partial charge in [0.2, 0.25) is 10.0 Å². The second-order valence-corrected chi connectivity index (χ2v) is 6.50. The highest BCUT2D eigenvalue weighted by Crippen LogP contribution is 2.39. The number of alkyl halides is 3. The molecule has 0 radical (unpaired) electrons. The summed E-state index contributed by atoms with van der Waals surface area (Å²) in [4.78, 5) is 0. The number of rotatable bonds is 3. The van der Waals surface area contributed by atoms with Gasteiger partial charge in [-0.2, -0.15) is 13.2 Å². The van der Waals surface area contributed by atoms with E-state index in [2.05, 4.69) is 0 Å². The highest BCUT2D eigenvalue weighted by atomic mass is 35.5. The van der Waals surface area contributed by atoms with Crippen LogP contribution in [0, 0.1) is 0 Å². The Hall–Kier alpha value is -0.950. The van der Waals surface area contributed by atoms with Gasteiger partial charge in [-0.15, -0.1) is 0 Å². The Morgan fingerprint density at radius 1 is 1.28 bits per heavy atom. The van der Waals surface area contributed by atoms with Gasteiger partial charge in [0, 0.05) is 0 Å². The third kappa shape index (κ3) is 3.29. The third-order valence-electron chi connectivity index (χ3n) is 2.18. The lowest BCUT2D eigenvalue weighted by Crippen LogP contribution is -2.24. The van der Waals surface area contributed by atoms with Crippen LogP contribution >= 0.6 is 11.6 Å². The molecule has 0 aliphatic carbocycles. The largest absolute Gasteiger partial charge is 0.418 e. The highest BCUT2D eigenvalue weighted by molar-refractivity contribution is 7.93. The molecule has 0 bridgehead atoms. The SMILES string of the molecule is CC(C)S(=O)(=O)Nc1c(Cl)cccc1C(F)(F)F. The Balaban J connectivity index is 3.33. The van der Waals surface area contributed by atoms with Crippen LogP contribution in [-0.4, -0.2) is 13.7 Å². The lowest BCUT2D eigenvalue weighted by molar-refractivity contribution is -0.136. The summed E-state index contributed by atoms with van der Waals surface area (Å²) in [6.07, 6.45) is -4.68. The van der Waals surface area contributed by atoms with Crippen LogP contribution in [0.3, 0.4) is 0 Å². The molecule has 0 aromatic heterocycles. The van der Waals surface area contributed by atoms with Crippen LogP contribution in [0.25, 0.3) is 0 Å². The topological polar surface area (TPSA) is 46.2 Å². The van der Waals surface area contributed by atoms with Crippen LogP contribution in [0.4, 0.5) is 18.9 Å². The fourth-order valence-corrected chi connectivity index (χ4v) is 2.14. The normalized spacial score (nSPS) is 12.8. The molecule has 1 rings (SSSR count). The summed E-state index contributed by atoms with van der Waals surface area (Å²) in [5.74, 6) is 0. The maximum absolute atomic E-state index is 12.7. The predicted molar refractivity (Wildman–Crippen MR) is 64.1 cm³/mol. The standard InChI is InChI=1S/C10H11ClF3NO2S/c1-6(2)18(16,17)15-9-7(10(12,13)14)4-3-5-8(9)11/h3-6,15H,1-2H3. The fourth-order valence-electron chi connectivity index (χ4n) is 1.12. The van der Waals surface area contributed by atoms with Gasteiger partial charge in [-0.1, -0.05) is 17.7 Å². The van der Waals surface area contributed by atoms with Crippen LogP contribution in [-0.2, 0) is 16.2 Å². The molecule has 0 aliphatic heterocycles. The Morgan fingerprint density at radius 2 is 1.83 bits per heavy atom. The molecular formula is C10H11ClF3NO2S. The van der Waals surface area contributed by atoms with Crippen molar-refractivity contribution in [1.29, 1.82) is 0 Å². The Labute approximate surface area is 108 Å². The summed E-state index contributed by atoms with van der Waals surface area (Å²) < 4.78 is 63.2. The zero-order valence-electron chi connectivity index (χ0n) is 9.55. The van der Waals surface area contributed by atoms with E-state index >= 15 is 0 Å². The fraction of sp³-hybridized carbons (Fsp3) is 0.400. The number of hydrogen-bond acceptors (Lipinski definition) is 2. The maximum Gasteiger partial charge on any atom is 0.418 e. The van der Waals surface area contributed by atoms with Crippen LogP contribution in [0.2, 0.25) is 5.02 Å². The summed E-state index contributed by atoms with van der Waals surface area (Å²) in [5, 5.41) is -1.16. The molecule has 3 nitrogen and oxygen atoms in total. The number of sulfonamides is 1. The summed E-state index contributed by atoms with van der Waals surface area (Å²) in [6, 6.07) is 3.07. The first-order valence-electron chi connectivity index (χ1n) is 4.93. The van der Waals surface area contributed by atoms with Gasteiger partial charge < -0.3 is 0 Å². The van der Waals surface area contributed by atoms with Crippen LogP contribution in [0.5, 0.6) is 0 Å². The zero-order valence-corrected chi connectivity index (χ0v) is 11.1. The van der Waals surface area contributed by atoms with Crippen LogP contribution in [0.1, 0.15) is 19.4 Å². The monoisotopic (exact) mass is 301 g/mol. The molecule has 18 heavy (non-hydrogen) atoms. The Morgan fingerprint density at radius 3 is 2.28 bits per heavy atom. The van der Waals surface area contributed by atoms with E-state index in [9.17, 15) is 21.6 Å². The first-order chi connectivity index (χ1) is 8.05. The molecule has 0 unspecified atom stereocenters. The van der Waals surface area contributed by atoms with E-state index in [1.54, 1.807) is 0 Å². The van der Waals surface area contributed by atoms with E-state index < -0.39 is 32.7 Å². The second kappa shape index (κ2) is 4.97. The molecule has 0 saturated heterocycles. The molecule has 0 atom stereocenters. The summed E-state index contributed by atoms with van der Waals surface area (Å²) >= 11 is 5.62. The average molecular weight is 302 g/mol. The number of halogens is 4. The molecule has 8 heteroatoms. The Kier molecular flexibility index (Phi) is 4.17. The van der Waals surface area contributed by atoms with Gasteiger partial charge in [-0.25, -0.2) is 8.42 Å². The lowest BCUT2D eigenvalue weighted by Gasteiger charge is -2.17. The van der Waals surface area contributed by atoms with Crippen molar-refractivity contribution in [2.24, 2.45) is 0 Å². The maximum atomic E-state index is 12.7. The molecule has 0 aliphatic rings. The van der Waals surface area contributed by atoms with Gasteiger partial charge in [-0.05, 0) is 26.0 Å². The molecule has 0 amide bonds. The molecule has 102 valence electrons. The second-order valence-electron chi connectivity index (χ2n) is 3.86. The molecule has 1 aromatic rings. The van der Waals surface area contributed by atoms with Crippen LogP contribution < -0.4 is 4.72 Å². The highest BCUT2D eigenvalue weighted by Gasteiger charge is 2.35. The molecular weight excluding hydrogens is 291 g/mol. The molecule has 1 N–H and O–H groups in total. The minimum atomic E-state index is -4.68. The zero-order chi connectivity index (χ0) is 14.1. The summed E-state index contributed by atoms with van der Waals surface area (Å²) in [5.41, 5.74) is -1.75. The number of para-hydroxylation sites is 1. The first kappa shape index (κ1) is 15.1. The van der Waals surface area contributed by atoms with Crippen molar-refractivity contribution in [3.8, 4) is 0 Å². The van der Waals surface area contributed by atoms with E-state index in [1.165, 1.54) is 19.9 Å². The van der Waals surface area contributed by atoms with Crippen molar-refractivity contribution in [2.45, 2.75) is 25.3 Å². The van der Waals surface area contributed by atoms with Gasteiger partial charge in [-0.3, -0.25) is 4.72 Å². The Bertz CT molecular complexity index is 541.